The molecule has 2 aromatic carbocycles. The van der Waals surface area contributed by atoms with Gasteiger partial charge in [-0.2, -0.15) is 0 Å². The first-order valence-corrected chi connectivity index (χ1v) is 8.55. The molecule has 0 aliphatic heterocycles. The Labute approximate surface area is 159 Å². The van der Waals surface area contributed by atoms with E-state index in [4.69, 9.17) is 5.73 Å². The van der Waals surface area contributed by atoms with Crippen molar-refractivity contribution in [2.24, 2.45) is 5.73 Å². The lowest BCUT2D eigenvalue weighted by Gasteiger charge is -2.08. The number of hydrogen-bond donors (Lipinski definition) is 3. The standard InChI is InChI=1S/C20H17N5O3/c1-10-3-6-13(9-11(10)2)25-19-16(23-20(25)28)15(17(21)27)22-18(24-19)12-4-7-14(26)8-5-12/h3-9,26H,1-2H3,(H2,21,27)(H,23,28). The maximum absolute atomic E-state index is 12.7. The number of aromatic amines is 1. The predicted octanol–water partition coefficient (Wildman–Crippen LogP) is 2.20. The number of nitrogens with two attached hydrogens (primary N) is 1. The summed E-state index contributed by atoms with van der Waals surface area (Å²) in [5.74, 6) is -0.465. The van der Waals surface area contributed by atoms with Gasteiger partial charge in [-0.05, 0) is 61.4 Å². The zero-order valence-electron chi connectivity index (χ0n) is 15.2. The van der Waals surface area contributed by atoms with Crippen molar-refractivity contribution in [3.05, 3.63) is 69.8 Å². The minimum atomic E-state index is -0.777. The lowest BCUT2D eigenvalue weighted by atomic mass is 10.1. The number of carbonyl (C=O) groups excluding carboxylic acids is 1. The van der Waals surface area contributed by atoms with E-state index in [0.717, 1.165) is 11.1 Å². The van der Waals surface area contributed by atoms with Crippen LogP contribution in [-0.4, -0.2) is 30.5 Å². The van der Waals surface area contributed by atoms with Gasteiger partial charge in [0.05, 0.1) is 5.69 Å². The van der Waals surface area contributed by atoms with Gasteiger partial charge < -0.3 is 15.8 Å². The van der Waals surface area contributed by atoms with Crippen LogP contribution in [0, 0.1) is 13.8 Å². The first kappa shape index (κ1) is 17.5. The molecule has 2 aromatic heterocycles. The first-order chi connectivity index (χ1) is 13.3. The van der Waals surface area contributed by atoms with Gasteiger partial charge in [-0.1, -0.05) is 6.07 Å². The van der Waals surface area contributed by atoms with E-state index in [0.29, 0.717) is 11.3 Å². The first-order valence-electron chi connectivity index (χ1n) is 8.55. The highest BCUT2D eigenvalue weighted by Crippen LogP contribution is 2.24. The van der Waals surface area contributed by atoms with Crippen LogP contribution in [-0.2, 0) is 0 Å². The van der Waals surface area contributed by atoms with Gasteiger partial charge in [0.2, 0.25) is 0 Å². The quantitative estimate of drug-likeness (QED) is 0.506. The largest absolute Gasteiger partial charge is 0.508 e. The summed E-state index contributed by atoms with van der Waals surface area (Å²) in [6.07, 6.45) is 0. The molecule has 1 amide bonds. The second-order valence-corrected chi connectivity index (χ2v) is 6.54. The Morgan fingerprint density at radius 2 is 1.79 bits per heavy atom. The minimum absolute atomic E-state index is 0.0761. The van der Waals surface area contributed by atoms with Crippen molar-refractivity contribution in [2.75, 3.05) is 0 Å². The fraction of sp³-hybridized carbons (Fsp3) is 0.100. The topological polar surface area (TPSA) is 127 Å². The van der Waals surface area contributed by atoms with Crippen LogP contribution in [0.2, 0.25) is 0 Å². The SMILES string of the molecule is Cc1ccc(-n2c(=O)[nH]c3c(C(N)=O)nc(-c4ccc(O)cc4)nc32)cc1C. The molecule has 8 heteroatoms. The molecule has 28 heavy (non-hydrogen) atoms. The molecule has 8 nitrogen and oxygen atoms in total. The predicted molar refractivity (Wildman–Crippen MR) is 105 cm³/mol. The fourth-order valence-electron chi connectivity index (χ4n) is 3.01. The van der Waals surface area contributed by atoms with Crippen molar-refractivity contribution in [1.82, 2.24) is 19.5 Å². The van der Waals surface area contributed by atoms with Gasteiger partial charge in [-0.3, -0.25) is 4.79 Å². The molecule has 0 unspecified atom stereocenters. The molecule has 0 bridgehead atoms. The number of benzene rings is 2. The number of amides is 1. The number of phenols is 1. The van der Waals surface area contributed by atoms with E-state index >= 15 is 0 Å². The molecular formula is C20H17N5O3. The molecule has 0 saturated carbocycles. The normalized spacial score (nSPS) is 11.1. The number of imidazole rings is 1. The Morgan fingerprint density at radius 1 is 1.07 bits per heavy atom. The molecule has 140 valence electrons. The number of aryl methyl sites for hydroxylation is 2. The van der Waals surface area contributed by atoms with E-state index in [-0.39, 0.29) is 28.4 Å². The van der Waals surface area contributed by atoms with Gasteiger partial charge in [-0.15, -0.1) is 0 Å². The molecule has 0 aliphatic rings. The number of H-pyrrole nitrogens is 1. The average molecular weight is 375 g/mol. The molecular weight excluding hydrogens is 358 g/mol. The third-order valence-corrected chi connectivity index (χ3v) is 4.64. The third-order valence-electron chi connectivity index (χ3n) is 4.64. The van der Waals surface area contributed by atoms with E-state index in [1.165, 1.54) is 16.7 Å². The number of rotatable bonds is 3. The fourth-order valence-corrected chi connectivity index (χ4v) is 3.01. The van der Waals surface area contributed by atoms with E-state index in [1.54, 1.807) is 12.1 Å². The summed E-state index contributed by atoms with van der Waals surface area (Å²) in [4.78, 5) is 36.0. The zero-order chi connectivity index (χ0) is 20.0. The molecule has 4 N–H and O–H groups in total. The smallest absolute Gasteiger partial charge is 0.332 e. The van der Waals surface area contributed by atoms with E-state index in [2.05, 4.69) is 15.0 Å². The average Bonchev–Trinajstić information content (AvgIpc) is 2.99. The summed E-state index contributed by atoms with van der Waals surface area (Å²) in [7, 11) is 0. The number of phenolic OH excluding ortho intramolecular Hbond substituents is 1. The van der Waals surface area contributed by atoms with Crippen LogP contribution in [0.3, 0.4) is 0 Å². The van der Waals surface area contributed by atoms with Crippen molar-refractivity contribution >= 4 is 17.1 Å². The van der Waals surface area contributed by atoms with Gasteiger partial charge in [-0.25, -0.2) is 19.3 Å². The molecule has 0 aliphatic carbocycles. The lowest BCUT2D eigenvalue weighted by molar-refractivity contribution is 0.0997. The lowest BCUT2D eigenvalue weighted by Crippen LogP contribution is -2.15. The number of primary amides is 1. The zero-order valence-corrected chi connectivity index (χ0v) is 15.2. The molecule has 4 aromatic rings. The molecule has 0 atom stereocenters. The van der Waals surface area contributed by atoms with Crippen molar-refractivity contribution in [2.45, 2.75) is 13.8 Å². The van der Waals surface area contributed by atoms with E-state index in [9.17, 15) is 14.7 Å². The van der Waals surface area contributed by atoms with Crippen LogP contribution in [0.15, 0.2) is 47.3 Å². The number of fused-ring (bicyclic) bond motifs is 1. The maximum Gasteiger partial charge on any atom is 0.332 e. The molecule has 4 rings (SSSR count). The number of aromatic hydroxyl groups is 1. The van der Waals surface area contributed by atoms with Crippen molar-refractivity contribution in [3.63, 3.8) is 0 Å². The minimum Gasteiger partial charge on any atom is -0.508 e. The van der Waals surface area contributed by atoms with Crippen molar-refractivity contribution in [3.8, 4) is 22.8 Å². The Kier molecular flexibility index (Phi) is 3.96. The monoisotopic (exact) mass is 375 g/mol. The second-order valence-electron chi connectivity index (χ2n) is 6.54. The highest BCUT2D eigenvalue weighted by atomic mass is 16.3. The number of nitrogens with one attached hydrogen (secondary N) is 1. The highest BCUT2D eigenvalue weighted by Gasteiger charge is 2.20. The van der Waals surface area contributed by atoms with Crippen LogP contribution in [0.4, 0.5) is 0 Å². The molecule has 0 radical (unpaired) electrons. The Bertz CT molecular complexity index is 1290. The maximum atomic E-state index is 12.7. The summed E-state index contributed by atoms with van der Waals surface area (Å²) in [6.45, 7) is 3.93. The Balaban J connectivity index is 2.05. The Morgan fingerprint density at radius 3 is 2.43 bits per heavy atom. The van der Waals surface area contributed by atoms with Crippen molar-refractivity contribution < 1.29 is 9.90 Å². The Hall–Kier alpha value is -3.94. The summed E-state index contributed by atoms with van der Waals surface area (Å²) in [6, 6.07) is 11.8. The van der Waals surface area contributed by atoms with E-state index < -0.39 is 11.6 Å². The van der Waals surface area contributed by atoms with Crippen LogP contribution in [0.1, 0.15) is 21.6 Å². The number of carbonyl (C=O) groups is 1. The van der Waals surface area contributed by atoms with Gasteiger partial charge in [0.15, 0.2) is 17.2 Å². The summed E-state index contributed by atoms with van der Waals surface area (Å²) in [5, 5.41) is 9.50. The number of aromatic nitrogens is 4. The highest BCUT2D eigenvalue weighted by molar-refractivity contribution is 6.02. The molecule has 0 saturated heterocycles. The molecule has 0 spiro atoms. The van der Waals surface area contributed by atoms with Crippen LogP contribution in [0.25, 0.3) is 28.2 Å². The third kappa shape index (κ3) is 2.81. The molecule has 2 heterocycles. The summed E-state index contributed by atoms with van der Waals surface area (Å²) in [5.41, 5.74) is 8.69. The second kappa shape index (κ2) is 6.34. The van der Waals surface area contributed by atoms with Gasteiger partial charge in [0.1, 0.15) is 11.3 Å². The number of nitrogens with zero attached hydrogens (tertiary/aromatic N) is 3. The van der Waals surface area contributed by atoms with Crippen LogP contribution < -0.4 is 11.4 Å². The van der Waals surface area contributed by atoms with E-state index in [1.807, 2.05) is 32.0 Å². The summed E-state index contributed by atoms with van der Waals surface area (Å²) >= 11 is 0. The van der Waals surface area contributed by atoms with Crippen LogP contribution in [0.5, 0.6) is 5.75 Å². The van der Waals surface area contributed by atoms with Gasteiger partial charge in [0, 0.05) is 5.56 Å². The van der Waals surface area contributed by atoms with Crippen LogP contribution >= 0.6 is 0 Å². The number of hydrogen-bond acceptors (Lipinski definition) is 5. The summed E-state index contributed by atoms with van der Waals surface area (Å²) < 4.78 is 1.39. The molecule has 0 fully saturated rings. The van der Waals surface area contributed by atoms with Gasteiger partial charge in [0.25, 0.3) is 5.91 Å². The van der Waals surface area contributed by atoms with Gasteiger partial charge >= 0.3 is 5.69 Å². The van der Waals surface area contributed by atoms with Crippen molar-refractivity contribution in [1.29, 1.82) is 0 Å².